The number of rotatable bonds is 4. The van der Waals surface area contributed by atoms with Crippen LogP contribution in [0.1, 0.15) is 48.5 Å². The molecule has 0 saturated carbocycles. The number of nitrogens with zero attached hydrogens (tertiary/aromatic N) is 1. The molecule has 1 aliphatic rings. The maximum absolute atomic E-state index is 11.8. The lowest BCUT2D eigenvalue weighted by Gasteiger charge is -2.25. The van der Waals surface area contributed by atoms with Crippen LogP contribution >= 0.6 is 0 Å². The fourth-order valence-corrected chi connectivity index (χ4v) is 1.97. The summed E-state index contributed by atoms with van der Waals surface area (Å²) in [6.07, 6.45) is 7.35. The summed E-state index contributed by atoms with van der Waals surface area (Å²) in [6, 6.07) is 0.0775. The van der Waals surface area contributed by atoms with E-state index in [4.69, 9.17) is 4.74 Å². The summed E-state index contributed by atoms with van der Waals surface area (Å²) < 4.78 is 5.14. The Balaban J connectivity index is 0. The number of methoxy groups -OCH3 is 1. The molecule has 0 aromatic carbocycles. The summed E-state index contributed by atoms with van der Waals surface area (Å²) in [5.74, 6) is 0.000237. The van der Waals surface area contributed by atoms with Crippen molar-refractivity contribution in [3.05, 3.63) is 47.7 Å². The standard InChI is InChI=1S/C15H20N2O2.2C2H6/c1-6-8-9-12(7-2)14-13(11(4)18)10(3)16-15(17-14)19-5;2*1-2/h6-9,14H,1H2,2-5H3,(H,16,17);2*1-2H3/b9-8-,12-7+;;. The van der Waals surface area contributed by atoms with E-state index in [0.717, 1.165) is 11.3 Å². The average molecular weight is 320 g/mol. The quantitative estimate of drug-likeness (QED) is 0.772. The molecule has 0 radical (unpaired) electrons. The van der Waals surface area contributed by atoms with Crippen molar-refractivity contribution >= 4 is 11.8 Å². The van der Waals surface area contributed by atoms with Crippen LogP contribution < -0.4 is 5.32 Å². The predicted octanol–water partition coefficient (Wildman–Crippen LogP) is 4.56. The Hall–Kier alpha value is -2.10. The minimum atomic E-state index is -0.338. The lowest BCUT2D eigenvalue weighted by atomic mass is 9.93. The van der Waals surface area contributed by atoms with Gasteiger partial charge in [0.1, 0.15) is 6.04 Å². The highest BCUT2D eigenvalue weighted by molar-refractivity contribution is 5.98. The van der Waals surface area contributed by atoms with Crippen LogP contribution in [0, 0.1) is 0 Å². The van der Waals surface area contributed by atoms with Gasteiger partial charge in [0.2, 0.25) is 0 Å². The third-order valence-corrected chi connectivity index (χ3v) is 2.86. The molecule has 1 rings (SSSR count). The van der Waals surface area contributed by atoms with Gasteiger partial charge >= 0.3 is 0 Å². The second-order valence-corrected chi connectivity index (χ2v) is 4.14. The van der Waals surface area contributed by atoms with Crippen molar-refractivity contribution in [3.63, 3.8) is 0 Å². The van der Waals surface area contributed by atoms with Crippen molar-refractivity contribution in [2.24, 2.45) is 4.99 Å². The molecule has 0 bridgehead atoms. The smallest absolute Gasteiger partial charge is 0.289 e. The van der Waals surface area contributed by atoms with Gasteiger partial charge in [-0.1, -0.05) is 58.6 Å². The van der Waals surface area contributed by atoms with Crippen molar-refractivity contribution in [2.75, 3.05) is 7.11 Å². The summed E-state index contributed by atoms with van der Waals surface area (Å²) in [4.78, 5) is 16.3. The Bertz CT molecular complexity index is 497. The predicted molar refractivity (Wildman–Crippen MR) is 101 cm³/mol. The number of ketones is 1. The topological polar surface area (TPSA) is 50.7 Å². The molecule has 130 valence electrons. The molecule has 1 atom stereocenters. The molecule has 4 nitrogen and oxygen atoms in total. The second kappa shape index (κ2) is 13.6. The first kappa shape index (κ1) is 23.2. The molecule has 0 amide bonds. The number of carbonyl (C=O) groups is 1. The summed E-state index contributed by atoms with van der Waals surface area (Å²) >= 11 is 0. The summed E-state index contributed by atoms with van der Waals surface area (Å²) in [5.41, 5.74) is 2.36. The van der Waals surface area contributed by atoms with Crippen LogP contribution in [-0.2, 0) is 9.53 Å². The van der Waals surface area contributed by atoms with Crippen molar-refractivity contribution in [1.29, 1.82) is 0 Å². The van der Waals surface area contributed by atoms with Crippen molar-refractivity contribution in [2.45, 2.75) is 54.5 Å². The van der Waals surface area contributed by atoms with Gasteiger partial charge in [0, 0.05) is 11.3 Å². The SMILES string of the molecule is C=C/C=C\C(=C/C)C1N=C(OC)NC(C)=C1C(C)=O.CC.CC. The minimum Gasteiger partial charge on any atom is -0.468 e. The zero-order chi connectivity index (χ0) is 18.4. The molecule has 1 unspecified atom stereocenters. The number of hydrogen-bond acceptors (Lipinski definition) is 4. The van der Waals surface area contributed by atoms with Gasteiger partial charge in [-0.15, -0.1) is 0 Å². The van der Waals surface area contributed by atoms with Crippen molar-refractivity contribution in [3.8, 4) is 0 Å². The number of nitrogens with one attached hydrogen (secondary N) is 1. The fourth-order valence-electron chi connectivity index (χ4n) is 1.97. The van der Waals surface area contributed by atoms with Gasteiger partial charge in [-0.05, 0) is 26.3 Å². The lowest BCUT2D eigenvalue weighted by molar-refractivity contribution is -0.113. The number of amidine groups is 1. The van der Waals surface area contributed by atoms with Gasteiger partial charge in [0.25, 0.3) is 6.02 Å². The average Bonchev–Trinajstić information content (AvgIpc) is 2.58. The number of ether oxygens (including phenoxy) is 1. The third-order valence-electron chi connectivity index (χ3n) is 2.86. The first-order valence-corrected chi connectivity index (χ1v) is 8.11. The number of aliphatic imine (C=N–C) groups is 1. The van der Waals surface area contributed by atoms with Gasteiger partial charge in [-0.2, -0.15) is 0 Å². The van der Waals surface area contributed by atoms with Crippen LogP contribution in [-0.4, -0.2) is 25.0 Å². The summed E-state index contributed by atoms with van der Waals surface area (Å²) in [5, 5.41) is 2.98. The number of carbonyl (C=O) groups excluding carboxylic acids is 1. The van der Waals surface area contributed by atoms with Gasteiger partial charge in [-0.3, -0.25) is 4.79 Å². The molecule has 1 aliphatic heterocycles. The first-order chi connectivity index (χ1) is 11.0. The van der Waals surface area contributed by atoms with E-state index in [9.17, 15) is 4.79 Å². The third kappa shape index (κ3) is 7.13. The normalized spacial score (nSPS) is 17.1. The Morgan fingerprint density at radius 2 is 1.87 bits per heavy atom. The van der Waals surface area contributed by atoms with E-state index in [1.807, 2.05) is 59.8 Å². The van der Waals surface area contributed by atoms with E-state index in [-0.39, 0.29) is 11.8 Å². The molecule has 4 heteroatoms. The van der Waals surface area contributed by atoms with Crippen LogP contribution in [0.15, 0.2) is 52.7 Å². The van der Waals surface area contributed by atoms with E-state index >= 15 is 0 Å². The van der Waals surface area contributed by atoms with Gasteiger partial charge in [-0.25, -0.2) is 4.99 Å². The number of allylic oxidation sites excluding steroid dienone is 4. The van der Waals surface area contributed by atoms with Gasteiger partial charge < -0.3 is 10.1 Å². The molecule has 0 aromatic heterocycles. The van der Waals surface area contributed by atoms with Crippen LogP contribution in [0.2, 0.25) is 0 Å². The molecule has 0 aliphatic carbocycles. The van der Waals surface area contributed by atoms with Crippen LogP contribution in [0.3, 0.4) is 0 Å². The Morgan fingerprint density at radius 1 is 1.30 bits per heavy atom. The number of hydrogen-bond donors (Lipinski definition) is 1. The molecule has 0 aromatic rings. The summed E-state index contributed by atoms with van der Waals surface area (Å²) in [7, 11) is 1.55. The molecule has 1 N–H and O–H groups in total. The van der Waals surface area contributed by atoms with E-state index in [1.54, 1.807) is 20.1 Å². The van der Waals surface area contributed by atoms with E-state index < -0.39 is 0 Å². The monoisotopic (exact) mass is 320 g/mol. The largest absolute Gasteiger partial charge is 0.468 e. The Labute approximate surface area is 141 Å². The maximum Gasteiger partial charge on any atom is 0.289 e. The van der Waals surface area contributed by atoms with Crippen LogP contribution in [0.25, 0.3) is 0 Å². The highest BCUT2D eigenvalue weighted by Gasteiger charge is 2.27. The Morgan fingerprint density at radius 3 is 2.26 bits per heavy atom. The zero-order valence-corrected chi connectivity index (χ0v) is 15.9. The molecule has 0 spiro atoms. The lowest BCUT2D eigenvalue weighted by Crippen LogP contribution is -2.35. The molecule has 0 saturated heterocycles. The van der Waals surface area contributed by atoms with Crippen molar-refractivity contribution in [1.82, 2.24) is 5.32 Å². The van der Waals surface area contributed by atoms with E-state index in [2.05, 4.69) is 16.9 Å². The minimum absolute atomic E-state index is 0.000237. The second-order valence-electron chi connectivity index (χ2n) is 4.14. The number of Topliss-reactive ketones (excluding diaryl/α,β-unsaturated/α-hetero) is 1. The van der Waals surface area contributed by atoms with Crippen LogP contribution in [0.4, 0.5) is 0 Å². The molecular formula is C19H32N2O2. The molecule has 1 heterocycles. The Kier molecular flexibility index (Phi) is 13.7. The van der Waals surface area contributed by atoms with E-state index in [0.29, 0.717) is 11.6 Å². The fraction of sp³-hybridized carbons (Fsp3) is 0.474. The van der Waals surface area contributed by atoms with Crippen molar-refractivity contribution < 1.29 is 9.53 Å². The molecule has 0 fully saturated rings. The zero-order valence-electron chi connectivity index (χ0n) is 15.9. The molecular weight excluding hydrogens is 288 g/mol. The van der Waals surface area contributed by atoms with Gasteiger partial charge in [0.15, 0.2) is 5.78 Å². The highest BCUT2D eigenvalue weighted by atomic mass is 16.5. The first-order valence-electron chi connectivity index (χ1n) is 8.11. The van der Waals surface area contributed by atoms with Gasteiger partial charge in [0.05, 0.1) is 7.11 Å². The highest BCUT2D eigenvalue weighted by Crippen LogP contribution is 2.24. The van der Waals surface area contributed by atoms with Crippen LogP contribution in [0.5, 0.6) is 0 Å². The summed E-state index contributed by atoms with van der Waals surface area (Å²) in [6.45, 7) is 17.0. The van der Waals surface area contributed by atoms with E-state index in [1.165, 1.54) is 0 Å². The maximum atomic E-state index is 11.8. The molecule has 23 heavy (non-hydrogen) atoms.